The minimum absolute atomic E-state index is 0.00374. The first-order chi connectivity index (χ1) is 15.3. The molecule has 11 heteroatoms. The van der Waals surface area contributed by atoms with E-state index >= 15 is 0 Å². The Morgan fingerprint density at radius 3 is 2.75 bits per heavy atom. The van der Waals surface area contributed by atoms with E-state index < -0.39 is 29.4 Å². The van der Waals surface area contributed by atoms with Gasteiger partial charge in [-0.1, -0.05) is 24.4 Å². The number of amides is 2. The van der Waals surface area contributed by atoms with Crippen LogP contribution < -0.4 is 21.3 Å². The molecule has 1 fully saturated rings. The van der Waals surface area contributed by atoms with Gasteiger partial charge in [0.2, 0.25) is 5.91 Å². The summed E-state index contributed by atoms with van der Waals surface area (Å²) in [6, 6.07) is 3.19. The number of halogens is 3. The highest BCUT2D eigenvalue weighted by Crippen LogP contribution is 2.32. The van der Waals surface area contributed by atoms with Crippen molar-refractivity contribution in [3.8, 4) is 0 Å². The van der Waals surface area contributed by atoms with Crippen molar-refractivity contribution in [1.29, 1.82) is 0 Å². The standard InChI is InChI=1S/C21H23ClF2N6O2/c22-18-12(13(23)5-6-14(18)24)10-30-8-7-26-20-17(30)9-16(28-29-20)21(32)27-15-4-2-1-3-11(15)19(25)31/h5-6,9,11,15H,1-4,7-8,10H2,(H2,25,31)(H,26,29)(H,27,32). The van der Waals surface area contributed by atoms with Crippen LogP contribution in [0.2, 0.25) is 5.02 Å². The molecular formula is C21H23ClF2N6O2. The molecule has 1 aromatic heterocycles. The third-order valence-electron chi connectivity index (χ3n) is 5.96. The van der Waals surface area contributed by atoms with Gasteiger partial charge in [0.25, 0.3) is 5.91 Å². The van der Waals surface area contributed by atoms with Crippen LogP contribution in [0.5, 0.6) is 0 Å². The molecule has 2 unspecified atom stereocenters. The number of primary amides is 1. The molecule has 0 radical (unpaired) electrons. The lowest BCUT2D eigenvalue weighted by molar-refractivity contribution is -0.123. The number of hydrogen-bond donors (Lipinski definition) is 3. The Morgan fingerprint density at radius 2 is 1.97 bits per heavy atom. The SMILES string of the molecule is NC(=O)C1CCCCC1NC(=O)c1cc2c(nn1)NCCN2Cc1c(F)ccc(F)c1Cl. The molecule has 0 saturated heterocycles. The Balaban J connectivity index is 1.57. The number of carbonyl (C=O) groups excluding carboxylic acids is 2. The highest BCUT2D eigenvalue weighted by atomic mass is 35.5. The van der Waals surface area contributed by atoms with Crippen molar-refractivity contribution >= 4 is 34.9 Å². The van der Waals surface area contributed by atoms with Crippen molar-refractivity contribution in [2.75, 3.05) is 23.3 Å². The number of aromatic nitrogens is 2. The van der Waals surface area contributed by atoms with Crippen molar-refractivity contribution in [3.05, 3.63) is 46.1 Å². The first-order valence-electron chi connectivity index (χ1n) is 10.4. The number of rotatable bonds is 5. The molecule has 2 aromatic rings. The predicted octanol–water partition coefficient (Wildman–Crippen LogP) is 2.61. The van der Waals surface area contributed by atoms with E-state index in [2.05, 4.69) is 20.8 Å². The third-order valence-corrected chi connectivity index (χ3v) is 6.37. The van der Waals surface area contributed by atoms with Crippen molar-refractivity contribution in [2.24, 2.45) is 11.7 Å². The first-order valence-corrected chi connectivity index (χ1v) is 10.8. The fourth-order valence-corrected chi connectivity index (χ4v) is 4.46. The predicted molar refractivity (Wildman–Crippen MR) is 115 cm³/mol. The Kier molecular flexibility index (Phi) is 6.40. The number of hydrogen-bond acceptors (Lipinski definition) is 6. The number of nitrogens with two attached hydrogens (primary N) is 1. The van der Waals surface area contributed by atoms with Crippen molar-refractivity contribution in [3.63, 3.8) is 0 Å². The van der Waals surface area contributed by atoms with Crippen LogP contribution >= 0.6 is 11.6 Å². The van der Waals surface area contributed by atoms with E-state index in [1.54, 1.807) is 4.90 Å². The molecule has 0 bridgehead atoms. The minimum atomic E-state index is -0.706. The van der Waals surface area contributed by atoms with Crippen molar-refractivity contribution in [1.82, 2.24) is 15.5 Å². The molecular weight excluding hydrogens is 442 g/mol. The Hall–Kier alpha value is -3.01. The smallest absolute Gasteiger partial charge is 0.272 e. The summed E-state index contributed by atoms with van der Waals surface area (Å²) in [4.78, 5) is 26.3. The summed E-state index contributed by atoms with van der Waals surface area (Å²) in [5.41, 5.74) is 6.08. The molecule has 170 valence electrons. The van der Waals surface area contributed by atoms with Gasteiger partial charge in [-0.05, 0) is 31.0 Å². The summed E-state index contributed by atoms with van der Waals surface area (Å²) in [5.74, 6) is -2.23. The summed E-state index contributed by atoms with van der Waals surface area (Å²) >= 11 is 5.99. The molecule has 1 aliphatic heterocycles. The molecule has 1 saturated carbocycles. The van der Waals surface area contributed by atoms with Gasteiger partial charge in [0.15, 0.2) is 11.5 Å². The minimum Gasteiger partial charge on any atom is -0.369 e. The zero-order chi connectivity index (χ0) is 22.8. The number of anilines is 2. The maximum Gasteiger partial charge on any atom is 0.272 e. The van der Waals surface area contributed by atoms with Crippen LogP contribution in [0.15, 0.2) is 18.2 Å². The van der Waals surface area contributed by atoms with Gasteiger partial charge >= 0.3 is 0 Å². The van der Waals surface area contributed by atoms with Crippen molar-refractivity contribution in [2.45, 2.75) is 38.3 Å². The van der Waals surface area contributed by atoms with E-state index in [9.17, 15) is 18.4 Å². The van der Waals surface area contributed by atoms with E-state index in [1.807, 2.05) is 0 Å². The molecule has 0 spiro atoms. The lowest BCUT2D eigenvalue weighted by Gasteiger charge is -2.32. The van der Waals surface area contributed by atoms with Gasteiger partial charge in [-0.3, -0.25) is 9.59 Å². The van der Waals surface area contributed by atoms with Gasteiger partial charge in [-0.15, -0.1) is 10.2 Å². The number of nitrogens with zero attached hydrogens (tertiary/aromatic N) is 3. The van der Waals surface area contributed by atoms with Gasteiger partial charge in [0, 0.05) is 31.2 Å². The molecule has 32 heavy (non-hydrogen) atoms. The van der Waals surface area contributed by atoms with Crippen LogP contribution in [0.4, 0.5) is 20.3 Å². The van der Waals surface area contributed by atoms with Crippen LogP contribution in [0.3, 0.4) is 0 Å². The lowest BCUT2D eigenvalue weighted by Crippen LogP contribution is -2.47. The average Bonchev–Trinajstić information content (AvgIpc) is 2.79. The molecule has 4 rings (SSSR count). The highest BCUT2D eigenvalue weighted by Gasteiger charge is 2.31. The van der Waals surface area contributed by atoms with Crippen LogP contribution in [0.1, 0.15) is 41.7 Å². The number of fused-ring (bicyclic) bond motifs is 1. The lowest BCUT2D eigenvalue weighted by atomic mass is 9.84. The van der Waals surface area contributed by atoms with Crippen molar-refractivity contribution < 1.29 is 18.4 Å². The second-order valence-corrected chi connectivity index (χ2v) is 8.38. The van der Waals surface area contributed by atoms with Crippen LogP contribution in [0.25, 0.3) is 0 Å². The third kappa shape index (κ3) is 4.45. The maximum atomic E-state index is 14.3. The second kappa shape index (κ2) is 9.23. The zero-order valence-corrected chi connectivity index (χ0v) is 18.0. The molecule has 8 nitrogen and oxygen atoms in total. The molecule has 2 amide bonds. The quantitative estimate of drug-likeness (QED) is 0.586. The largest absolute Gasteiger partial charge is 0.369 e. The number of benzene rings is 1. The van der Waals surface area contributed by atoms with Gasteiger partial charge in [-0.25, -0.2) is 8.78 Å². The van der Waals surface area contributed by atoms with Gasteiger partial charge in [-0.2, -0.15) is 0 Å². The average molecular weight is 465 g/mol. The van der Waals surface area contributed by atoms with Gasteiger partial charge in [0.1, 0.15) is 11.6 Å². The summed E-state index contributed by atoms with van der Waals surface area (Å²) < 4.78 is 28.2. The van der Waals surface area contributed by atoms with Crippen LogP contribution in [-0.2, 0) is 11.3 Å². The second-order valence-electron chi connectivity index (χ2n) is 8.01. The summed E-state index contributed by atoms with van der Waals surface area (Å²) in [7, 11) is 0. The Labute approximate surface area is 188 Å². The fraction of sp³-hybridized carbons (Fsp3) is 0.429. The van der Waals surface area contributed by atoms with E-state index in [4.69, 9.17) is 17.3 Å². The van der Waals surface area contributed by atoms with E-state index in [-0.39, 0.29) is 28.9 Å². The molecule has 4 N–H and O–H groups in total. The molecule has 2 atom stereocenters. The number of carbonyl (C=O) groups is 2. The van der Waals surface area contributed by atoms with E-state index in [0.717, 1.165) is 25.0 Å². The Bertz CT molecular complexity index is 1050. The van der Waals surface area contributed by atoms with Crippen LogP contribution in [0, 0.1) is 17.6 Å². The van der Waals surface area contributed by atoms with Gasteiger partial charge < -0.3 is 21.3 Å². The highest BCUT2D eigenvalue weighted by molar-refractivity contribution is 6.31. The normalized spacial score (nSPS) is 20.3. The van der Waals surface area contributed by atoms with E-state index in [0.29, 0.717) is 37.4 Å². The summed E-state index contributed by atoms with van der Waals surface area (Å²) in [5, 5.41) is 13.7. The topological polar surface area (TPSA) is 113 Å². The van der Waals surface area contributed by atoms with Crippen LogP contribution in [-0.4, -0.2) is 41.1 Å². The maximum absolute atomic E-state index is 14.3. The van der Waals surface area contributed by atoms with Gasteiger partial charge in [0.05, 0.1) is 16.6 Å². The molecule has 2 aliphatic rings. The molecule has 1 aliphatic carbocycles. The van der Waals surface area contributed by atoms with E-state index in [1.165, 1.54) is 6.07 Å². The summed E-state index contributed by atoms with van der Waals surface area (Å²) in [6.45, 7) is 0.957. The summed E-state index contributed by atoms with van der Waals surface area (Å²) in [6.07, 6.45) is 3.07. The molecule has 2 heterocycles. The number of nitrogens with one attached hydrogen (secondary N) is 2. The first kappa shape index (κ1) is 22.2. The fourth-order valence-electron chi connectivity index (χ4n) is 4.25. The molecule has 1 aromatic carbocycles. The Morgan fingerprint density at radius 1 is 1.22 bits per heavy atom. The monoisotopic (exact) mass is 464 g/mol. The zero-order valence-electron chi connectivity index (χ0n) is 17.2.